The minimum Gasteiger partial charge on any atom is -0.377 e. The third kappa shape index (κ3) is 2.66. The summed E-state index contributed by atoms with van der Waals surface area (Å²) < 4.78 is 18.9. The third-order valence-corrected chi connectivity index (χ3v) is 3.08. The van der Waals surface area contributed by atoms with Crippen LogP contribution in [0.1, 0.15) is 5.56 Å². The van der Waals surface area contributed by atoms with Crippen molar-refractivity contribution in [2.24, 2.45) is 0 Å². The van der Waals surface area contributed by atoms with E-state index in [-0.39, 0.29) is 18.1 Å². The topological polar surface area (TPSA) is 65.4 Å². The fourth-order valence-electron chi connectivity index (χ4n) is 2.07. The van der Waals surface area contributed by atoms with Gasteiger partial charge in [0.1, 0.15) is 17.9 Å². The van der Waals surface area contributed by atoms with Gasteiger partial charge in [0.25, 0.3) is 0 Å². The number of hydrogen-bond acceptors (Lipinski definition) is 4. The second-order valence-corrected chi connectivity index (χ2v) is 4.17. The number of nitrogens with zero attached hydrogens (tertiary/aromatic N) is 2. The van der Waals surface area contributed by atoms with E-state index in [1.165, 1.54) is 12.1 Å². The molecule has 2 rings (SSSR count). The maximum atomic E-state index is 13.6. The number of carbonyl (C=O) groups is 1. The largest absolute Gasteiger partial charge is 0.377 e. The van der Waals surface area contributed by atoms with Crippen LogP contribution in [0.5, 0.6) is 0 Å². The molecule has 100 valence electrons. The molecule has 1 atom stereocenters. The average Bonchev–Trinajstić information content (AvgIpc) is 2.46. The zero-order valence-corrected chi connectivity index (χ0v) is 10.5. The van der Waals surface area contributed by atoms with E-state index in [1.54, 1.807) is 24.1 Å². The Morgan fingerprint density at radius 1 is 1.63 bits per heavy atom. The van der Waals surface area contributed by atoms with E-state index in [0.29, 0.717) is 18.8 Å². The maximum absolute atomic E-state index is 13.6. The molecule has 0 spiro atoms. The number of nitrogens with one attached hydrogen (secondary N) is 1. The number of carbonyl (C=O) groups excluding carboxylic acids is 1. The Kier molecular flexibility index (Phi) is 3.97. The van der Waals surface area contributed by atoms with Crippen LogP contribution in [0.15, 0.2) is 18.2 Å². The summed E-state index contributed by atoms with van der Waals surface area (Å²) >= 11 is 0. The summed E-state index contributed by atoms with van der Waals surface area (Å²) in [6, 6.07) is 5.63. The van der Waals surface area contributed by atoms with Gasteiger partial charge in [-0.2, -0.15) is 5.26 Å². The zero-order valence-electron chi connectivity index (χ0n) is 10.5. The highest BCUT2D eigenvalue weighted by atomic mass is 19.1. The molecule has 1 unspecified atom stereocenters. The Bertz CT molecular complexity index is 527. The van der Waals surface area contributed by atoms with Crippen molar-refractivity contribution in [2.45, 2.75) is 6.04 Å². The van der Waals surface area contributed by atoms with E-state index in [0.717, 1.165) is 0 Å². The molecule has 1 saturated heterocycles. The van der Waals surface area contributed by atoms with E-state index in [1.807, 2.05) is 0 Å². The van der Waals surface area contributed by atoms with Crippen molar-refractivity contribution in [1.29, 1.82) is 5.26 Å². The van der Waals surface area contributed by atoms with E-state index < -0.39 is 11.9 Å². The van der Waals surface area contributed by atoms with Gasteiger partial charge in [0.2, 0.25) is 5.91 Å². The van der Waals surface area contributed by atoms with Gasteiger partial charge in [-0.15, -0.1) is 0 Å². The van der Waals surface area contributed by atoms with Gasteiger partial charge in [0, 0.05) is 19.3 Å². The molecule has 1 aromatic carbocycles. The Labute approximate surface area is 110 Å². The molecule has 6 heteroatoms. The monoisotopic (exact) mass is 263 g/mol. The normalized spacial score (nSPS) is 18.8. The molecule has 0 saturated carbocycles. The lowest BCUT2D eigenvalue weighted by Crippen LogP contribution is -2.53. The second kappa shape index (κ2) is 5.67. The zero-order chi connectivity index (χ0) is 13.8. The second-order valence-electron chi connectivity index (χ2n) is 4.17. The predicted molar refractivity (Wildman–Crippen MR) is 67.1 cm³/mol. The van der Waals surface area contributed by atoms with Crippen LogP contribution in [0.4, 0.5) is 10.1 Å². The summed E-state index contributed by atoms with van der Waals surface area (Å²) in [5.74, 6) is -0.758. The van der Waals surface area contributed by atoms with Crippen molar-refractivity contribution in [1.82, 2.24) is 5.32 Å². The van der Waals surface area contributed by atoms with Gasteiger partial charge in [-0.3, -0.25) is 4.79 Å². The van der Waals surface area contributed by atoms with E-state index in [9.17, 15) is 9.18 Å². The fourth-order valence-corrected chi connectivity index (χ4v) is 2.07. The molecule has 0 aromatic heterocycles. The van der Waals surface area contributed by atoms with E-state index in [4.69, 9.17) is 10.00 Å². The predicted octanol–water partition coefficient (Wildman–Crippen LogP) is 0.649. The Balaban J connectivity index is 2.30. The Morgan fingerprint density at radius 3 is 3.05 bits per heavy atom. The summed E-state index contributed by atoms with van der Waals surface area (Å²) in [5, 5.41) is 11.3. The average molecular weight is 263 g/mol. The molecule has 0 bridgehead atoms. The summed E-state index contributed by atoms with van der Waals surface area (Å²) in [7, 11) is 1.55. The number of hydrogen-bond donors (Lipinski definition) is 1. The Morgan fingerprint density at radius 2 is 2.42 bits per heavy atom. The molecule has 1 N–H and O–H groups in total. The summed E-state index contributed by atoms with van der Waals surface area (Å²) in [6.07, 6.45) is 0. The standard InChI is InChI=1S/C13H14FN3O2/c1-16-13(18)12-8-19-5-4-17(12)10-3-2-9(7-15)11(14)6-10/h2-3,6,12H,4-5,8H2,1H3,(H,16,18). The lowest BCUT2D eigenvalue weighted by Gasteiger charge is -2.36. The van der Waals surface area contributed by atoms with Gasteiger partial charge in [0.15, 0.2) is 0 Å². The molecule has 1 aliphatic rings. The highest BCUT2D eigenvalue weighted by molar-refractivity contribution is 5.85. The minimum atomic E-state index is -0.581. The molecule has 1 aromatic rings. The molecule has 0 aliphatic carbocycles. The number of benzene rings is 1. The van der Waals surface area contributed by atoms with Gasteiger partial charge < -0.3 is 15.0 Å². The number of morpholine rings is 1. The molecular weight excluding hydrogens is 249 g/mol. The van der Waals surface area contributed by atoms with Gasteiger partial charge in [-0.25, -0.2) is 4.39 Å². The van der Waals surface area contributed by atoms with Gasteiger partial charge in [-0.1, -0.05) is 0 Å². The number of anilines is 1. The van der Waals surface area contributed by atoms with Crippen LogP contribution < -0.4 is 10.2 Å². The van der Waals surface area contributed by atoms with E-state index in [2.05, 4.69) is 5.32 Å². The van der Waals surface area contributed by atoms with Gasteiger partial charge in [0.05, 0.1) is 18.8 Å². The van der Waals surface area contributed by atoms with Crippen molar-refractivity contribution < 1.29 is 13.9 Å². The van der Waals surface area contributed by atoms with Crippen molar-refractivity contribution in [3.05, 3.63) is 29.6 Å². The first-order chi connectivity index (χ1) is 9.17. The molecule has 0 radical (unpaired) electrons. The van der Waals surface area contributed by atoms with Crippen LogP contribution in [0.3, 0.4) is 0 Å². The highest BCUT2D eigenvalue weighted by Crippen LogP contribution is 2.22. The summed E-state index contributed by atoms with van der Waals surface area (Å²) in [4.78, 5) is 13.6. The van der Waals surface area contributed by atoms with Crippen LogP contribution in [0.25, 0.3) is 0 Å². The quantitative estimate of drug-likeness (QED) is 0.850. The number of rotatable bonds is 2. The summed E-state index contributed by atoms with van der Waals surface area (Å²) in [5.41, 5.74) is 0.571. The lowest BCUT2D eigenvalue weighted by atomic mass is 10.1. The molecule has 1 fully saturated rings. The molecule has 19 heavy (non-hydrogen) atoms. The molecule has 5 nitrogen and oxygen atoms in total. The van der Waals surface area contributed by atoms with Crippen LogP contribution in [0, 0.1) is 17.1 Å². The molecular formula is C13H14FN3O2. The van der Waals surface area contributed by atoms with E-state index >= 15 is 0 Å². The van der Waals surface area contributed by atoms with Crippen LogP contribution in [-0.4, -0.2) is 38.8 Å². The van der Waals surface area contributed by atoms with Crippen LogP contribution in [0.2, 0.25) is 0 Å². The molecule has 1 heterocycles. The van der Waals surface area contributed by atoms with Gasteiger partial charge in [-0.05, 0) is 18.2 Å². The minimum absolute atomic E-state index is 0.00602. The molecule has 1 aliphatic heterocycles. The highest BCUT2D eigenvalue weighted by Gasteiger charge is 2.29. The van der Waals surface area contributed by atoms with Gasteiger partial charge >= 0.3 is 0 Å². The van der Waals surface area contributed by atoms with Crippen molar-refractivity contribution in [3.8, 4) is 6.07 Å². The maximum Gasteiger partial charge on any atom is 0.244 e. The first-order valence-corrected chi connectivity index (χ1v) is 5.93. The lowest BCUT2D eigenvalue weighted by molar-refractivity contribution is -0.124. The van der Waals surface area contributed by atoms with Crippen molar-refractivity contribution in [3.63, 3.8) is 0 Å². The third-order valence-electron chi connectivity index (χ3n) is 3.08. The number of likely N-dealkylation sites (N-methyl/N-ethyl adjacent to an activating group) is 1. The van der Waals surface area contributed by atoms with Crippen molar-refractivity contribution >= 4 is 11.6 Å². The number of ether oxygens (including phenoxy) is 1. The molecule has 1 amide bonds. The fraction of sp³-hybridized carbons (Fsp3) is 0.385. The number of amides is 1. The Hall–Kier alpha value is -2.13. The smallest absolute Gasteiger partial charge is 0.244 e. The van der Waals surface area contributed by atoms with Crippen LogP contribution in [-0.2, 0) is 9.53 Å². The summed E-state index contributed by atoms with van der Waals surface area (Å²) in [6.45, 7) is 1.25. The number of nitriles is 1. The first kappa shape index (κ1) is 13.3. The SMILES string of the molecule is CNC(=O)C1COCCN1c1ccc(C#N)c(F)c1. The number of halogens is 1. The van der Waals surface area contributed by atoms with Crippen LogP contribution >= 0.6 is 0 Å². The van der Waals surface area contributed by atoms with Crippen molar-refractivity contribution in [2.75, 3.05) is 31.7 Å². The first-order valence-electron chi connectivity index (χ1n) is 5.93.